The van der Waals surface area contributed by atoms with Crippen molar-refractivity contribution in [3.8, 4) is 0 Å². The maximum atomic E-state index is 9.21. The van der Waals surface area contributed by atoms with E-state index in [0.717, 1.165) is 12.8 Å². The van der Waals surface area contributed by atoms with Crippen LogP contribution in [-0.2, 0) is 0 Å². The van der Waals surface area contributed by atoms with Crippen molar-refractivity contribution in [1.29, 1.82) is 0 Å². The molecule has 1 aliphatic rings. The van der Waals surface area contributed by atoms with Crippen LogP contribution in [0.5, 0.6) is 0 Å². The Morgan fingerprint density at radius 3 is 1.64 bits per heavy atom. The fraction of sp³-hybridized carbons (Fsp3) is 1.00. The molecule has 66 valence electrons. The zero-order chi connectivity index (χ0) is 8.43. The third-order valence-corrected chi connectivity index (χ3v) is 2.38. The first-order valence-electron chi connectivity index (χ1n) is 4.23. The van der Waals surface area contributed by atoms with Crippen molar-refractivity contribution in [1.82, 2.24) is 5.32 Å². The highest BCUT2D eigenvalue weighted by Crippen LogP contribution is 2.17. The molecule has 0 bridgehead atoms. The van der Waals surface area contributed by atoms with Gasteiger partial charge >= 0.3 is 0 Å². The van der Waals surface area contributed by atoms with Crippen molar-refractivity contribution < 1.29 is 10.2 Å². The highest BCUT2D eigenvalue weighted by Gasteiger charge is 2.29. The van der Waals surface area contributed by atoms with Crippen LogP contribution in [0.15, 0.2) is 0 Å². The summed E-state index contributed by atoms with van der Waals surface area (Å²) >= 11 is 0. The number of nitrogens with one attached hydrogen (secondary N) is 1. The fourth-order valence-corrected chi connectivity index (χ4v) is 1.56. The third kappa shape index (κ3) is 2.15. The molecule has 3 heteroatoms. The molecule has 0 radical (unpaired) electrons. The predicted molar refractivity (Wildman–Crippen MR) is 43.3 cm³/mol. The van der Waals surface area contributed by atoms with Crippen LogP contribution in [-0.4, -0.2) is 34.5 Å². The van der Waals surface area contributed by atoms with Crippen LogP contribution >= 0.6 is 0 Å². The SMILES string of the molecule is CC(O)C1CCC(C(C)O)N1. The second-order valence-corrected chi connectivity index (χ2v) is 3.44. The predicted octanol–water partition coefficient (Wildman–Crippen LogP) is -0.131. The minimum absolute atomic E-state index is 0.176. The third-order valence-electron chi connectivity index (χ3n) is 2.38. The molecule has 1 fully saturated rings. The lowest BCUT2D eigenvalue weighted by molar-refractivity contribution is 0.127. The zero-order valence-electron chi connectivity index (χ0n) is 7.12. The number of hydrogen-bond donors (Lipinski definition) is 3. The van der Waals surface area contributed by atoms with Crippen molar-refractivity contribution >= 4 is 0 Å². The lowest BCUT2D eigenvalue weighted by Crippen LogP contribution is -2.41. The Kier molecular flexibility index (Phi) is 2.87. The molecule has 1 heterocycles. The smallest absolute Gasteiger partial charge is 0.0665 e. The molecule has 0 amide bonds. The molecule has 1 aliphatic heterocycles. The number of rotatable bonds is 2. The lowest BCUT2D eigenvalue weighted by Gasteiger charge is -2.18. The summed E-state index contributed by atoms with van der Waals surface area (Å²) in [4.78, 5) is 0. The second-order valence-electron chi connectivity index (χ2n) is 3.44. The molecule has 3 N–H and O–H groups in total. The molecule has 0 aromatic heterocycles. The zero-order valence-corrected chi connectivity index (χ0v) is 7.12. The van der Waals surface area contributed by atoms with E-state index in [0.29, 0.717) is 0 Å². The van der Waals surface area contributed by atoms with Gasteiger partial charge in [-0.25, -0.2) is 0 Å². The minimum atomic E-state index is -0.307. The van der Waals surface area contributed by atoms with Crippen LogP contribution in [0.3, 0.4) is 0 Å². The fourth-order valence-electron chi connectivity index (χ4n) is 1.56. The van der Waals surface area contributed by atoms with Gasteiger partial charge in [-0.15, -0.1) is 0 Å². The normalized spacial score (nSPS) is 37.1. The first kappa shape index (κ1) is 8.97. The van der Waals surface area contributed by atoms with Crippen LogP contribution in [0.4, 0.5) is 0 Å². The van der Waals surface area contributed by atoms with E-state index in [1.54, 1.807) is 13.8 Å². The van der Waals surface area contributed by atoms with Gasteiger partial charge in [0.15, 0.2) is 0 Å². The molecule has 4 atom stereocenters. The molecule has 0 aromatic rings. The van der Waals surface area contributed by atoms with Gasteiger partial charge in [-0.05, 0) is 26.7 Å². The van der Waals surface area contributed by atoms with Gasteiger partial charge in [0.1, 0.15) is 0 Å². The topological polar surface area (TPSA) is 52.5 Å². The summed E-state index contributed by atoms with van der Waals surface area (Å²) in [5.41, 5.74) is 0. The first-order chi connectivity index (χ1) is 5.11. The standard InChI is InChI=1S/C8H17NO2/c1-5(10)7-3-4-8(9-7)6(2)11/h5-11H,3-4H2,1-2H3. The Hall–Kier alpha value is -0.120. The average Bonchev–Trinajstić information content (AvgIpc) is 2.33. The summed E-state index contributed by atoms with van der Waals surface area (Å²) in [5.74, 6) is 0. The molecular formula is C8H17NO2. The van der Waals surface area contributed by atoms with Crippen molar-refractivity contribution in [2.24, 2.45) is 0 Å². The van der Waals surface area contributed by atoms with Crippen LogP contribution < -0.4 is 5.32 Å². The molecule has 1 saturated heterocycles. The quantitative estimate of drug-likeness (QED) is 0.526. The Morgan fingerprint density at radius 2 is 1.45 bits per heavy atom. The monoisotopic (exact) mass is 159 g/mol. The van der Waals surface area contributed by atoms with E-state index < -0.39 is 0 Å². The minimum Gasteiger partial charge on any atom is -0.392 e. The number of aliphatic hydroxyl groups excluding tert-OH is 2. The van der Waals surface area contributed by atoms with E-state index in [4.69, 9.17) is 0 Å². The van der Waals surface area contributed by atoms with Gasteiger partial charge in [0.05, 0.1) is 12.2 Å². The van der Waals surface area contributed by atoms with E-state index in [2.05, 4.69) is 5.32 Å². The average molecular weight is 159 g/mol. The van der Waals surface area contributed by atoms with Gasteiger partial charge in [0, 0.05) is 12.1 Å². The van der Waals surface area contributed by atoms with Crippen molar-refractivity contribution in [3.05, 3.63) is 0 Å². The lowest BCUT2D eigenvalue weighted by atomic mass is 10.1. The molecule has 1 rings (SSSR count). The van der Waals surface area contributed by atoms with Gasteiger partial charge in [-0.3, -0.25) is 0 Å². The van der Waals surface area contributed by atoms with Crippen molar-refractivity contribution in [2.45, 2.75) is 51.0 Å². The summed E-state index contributed by atoms with van der Waals surface area (Å²) in [6.45, 7) is 3.56. The molecule has 0 aromatic carbocycles. The van der Waals surface area contributed by atoms with Gasteiger partial charge in [0.25, 0.3) is 0 Å². The summed E-state index contributed by atoms with van der Waals surface area (Å²) < 4.78 is 0. The Labute approximate surface area is 67.4 Å². The molecule has 3 nitrogen and oxygen atoms in total. The largest absolute Gasteiger partial charge is 0.392 e. The Bertz CT molecular complexity index is 111. The molecule has 0 aliphatic carbocycles. The van der Waals surface area contributed by atoms with E-state index >= 15 is 0 Å². The van der Waals surface area contributed by atoms with E-state index in [9.17, 15) is 10.2 Å². The van der Waals surface area contributed by atoms with Gasteiger partial charge < -0.3 is 15.5 Å². The molecule has 4 unspecified atom stereocenters. The van der Waals surface area contributed by atoms with Gasteiger partial charge in [-0.2, -0.15) is 0 Å². The molecule has 0 spiro atoms. The number of hydrogen-bond acceptors (Lipinski definition) is 3. The van der Waals surface area contributed by atoms with Gasteiger partial charge in [0.2, 0.25) is 0 Å². The van der Waals surface area contributed by atoms with Crippen molar-refractivity contribution in [2.75, 3.05) is 0 Å². The Morgan fingerprint density at radius 1 is 1.09 bits per heavy atom. The van der Waals surface area contributed by atoms with Crippen LogP contribution in [0.1, 0.15) is 26.7 Å². The molecular weight excluding hydrogens is 142 g/mol. The maximum Gasteiger partial charge on any atom is 0.0665 e. The van der Waals surface area contributed by atoms with E-state index in [-0.39, 0.29) is 24.3 Å². The van der Waals surface area contributed by atoms with Crippen LogP contribution in [0, 0.1) is 0 Å². The summed E-state index contributed by atoms with van der Waals surface area (Å²) in [7, 11) is 0. The van der Waals surface area contributed by atoms with Crippen molar-refractivity contribution in [3.63, 3.8) is 0 Å². The van der Waals surface area contributed by atoms with Crippen LogP contribution in [0.2, 0.25) is 0 Å². The highest BCUT2D eigenvalue weighted by atomic mass is 16.3. The summed E-state index contributed by atoms with van der Waals surface area (Å²) in [6.07, 6.45) is 1.32. The van der Waals surface area contributed by atoms with Gasteiger partial charge in [-0.1, -0.05) is 0 Å². The summed E-state index contributed by atoms with van der Waals surface area (Å²) in [6, 6.07) is 0.351. The number of aliphatic hydroxyl groups is 2. The van der Waals surface area contributed by atoms with E-state index in [1.165, 1.54) is 0 Å². The van der Waals surface area contributed by atoms with E-state index in [1.807, 2.05) is 0 Å². The molecule has 0 saturated carbocycles. The Balaban J connectivity index is 2.35. The van der Waals surface area contributed by atoms with Crippen LogP contribution in [0.25, 0.3) is 0 Å². The first-order valence-corrected chi connectivity index (χ1v) is 4.23. The summed E-state index contributed by atoms with van der Waals surface area (Å²) in [5, 5.41) is 21.6. The molecule has 11 heavy (non-hydrogen) atoms. The maximum absolute atomic E-state index is 9.21. The second kappa shape index (κ2) is 3.52. The highest BCUT2D eigenvalue weighted by molar-refractivity contribution is 4.88.